The Balaban J connectivity index is 1.47. The maximum Gasteiger partial charge on any atom is 0.0894 e. The van der Waals surface area contributed by atoms with Crippen LogP contribution in [-0.4, -0.2) is 23.9 Å². The SMILES string of the molecule is C=CC1=NC(CC(=C)N(C)c2ccc3ccccc3c2Nc2ccccc2)C(CCC(=C)/C=C(\C)O)c2ccccc21. The lowest BCUT2D eigenvalue weighted by molar-refractivity contribution is 0.413. The molecule has 0 amide bonds. The second kappa shape index (κ2) is 12.8. The minimum Gasteiger partial charge on any atom is -0.513 e. The van der Waals surface area contributed by atoms with Crippen molar-refractivity contribution < 1.29 is 5.11 Å². The van der Waals surface area contributed by atoms with Crippen molar-refractivity contribution >= 4 is 33.5 Å². The largest absolute Gasteiger partial charge is 0.513 e. The van der Waals surface area contributed by atoms with Crippen LogP contribution in [0.4, 0.5) is 17.1 Å². The summed E-state index contributed by atoms with van der Waals surface area (Å²) in [6.07, 6.45) is 5.93. The average Bonchev–Trinajstić information content (AvgIpc) is 3.00. The molecule has 42 heavy (non-hydrogen) atoms. The summed E-state index contributed by atoms with van der Waals surface area (Å²) in [6.45, 7) is 14.5. The van der Waals surface area contributed by atoms with E-state index < -0.39 is 0 Å². The molecule has 4 aromatic carbocycles. The first kappa shape index (κ1) is 28.7. The average molecular weight is 554 g/mol. The zero-order chi connectivity index (χ0) is 29.6. The van der Waals surface area contributed by atoms with Crippen molar-refractivity contribution in [2.75, 3.05) is 17.3 Å². The number of aliphatic hydroxyl groups excluding tert-OH is 1. The van der Waals surface area contributed by atoms with Crippen LogP contribution in [0.25, 0.3) is 10.8 Å². The van der Waals surface area contributed by atoms with Crippen LogP contribution in [0.3, 0.4) is 0 Å². The second-order valence-electron chi connectivity index (χ2n) is 11.0. The Morgan fingerprint density at radius 1 is 0.952 bits per heavy atom. The van der Waals surface area contributed by atoms with Gasteiger partial charge in [0.2, 0.25) is 0 Å². The molecule has 1 heterocycles. The molecule has 0 aliphatic carbocycles. The summed E-state index contributed by atoms with van der Waals surface area (Å²) in [7, 11) is 2.09. The van der Waals surface area contributed by atoms with E-state index in [0.717, 1.165) is 57.8 Å². The van der Waals surface area contributed by atoms with E-state index >= 15 is 0 Å². The van der Waals surface area contributed by atoms with Gasteiger partial charge in [0.15, 0.2) is 0 Å². The van der Waals surface area contributed by atoms with E-state index in [4.69, 9.17) is 4.99 Å². The summed E-state index contributed by atoms with van der Waals surface area (Å²) in [5.41, 5.74) is 8.36. The number of nitrogens with zero attached hydrogens (tertiary/aromatic N) is 2. The van der Waals surface area contributed by atoms with Gasteiger partial charge in [-0.1, -0.05) is 98.1 Å². The molecule has 1 aliphatic heterocycles. The molecule has 4 aromatic rings. The van der Waals surface area contributed by atoms with E-state index in [1.54, 1.807) is 13.0 Å². The number of nitrogens with one attached hydrogen (secondary N) is 1. The fourth-order valence-corrected chi connectivity index (χ4v) is 5.89. The number of anilines is 3. The molecule has 0 aromatic heterocycles. The Hall–Kier alpha value is -4.83. The van der Waals surface area contributed by atoms with Crippen molar-refractivity contribution in [3.63, 3.8) is 0 Å². The van der Waals surface area contributed by atoms with Crippen LogP contribution >= 0.6 is 0 Å². The predicted octanol–water partition coefficient (Wildman–Crippen LogP) is 9.86. The Labute approximate surface area is 249 Å². The topological polar surface area (TPSA) is 47.9 Å². The molecule has 0 radical (unpaired) electrons. The smallest absolute Gasteiger partial charge is 0.0894 e. The zero-order valence-corrected chi connectivity index (χ0v) is 24.6. The number of hydrogen-bond acceptors (Lipinski definition) is 4. The highest BCUT2D eigenvalue weighted by atomic mass is 16.3. The third kappa shape index (κ3) is 6.23. The number of aliphatic hydroxyl groups is 1. The molecule has 2 unspecified atom stereocenters. The van der Waals surface area contributed by atoms with E-state index in [2.05, 4.69) is 110 Å². The highest BCUT2D eigenvalue weighted by Crippen LogP contribution is 2.41. The van der Waals surface area contributed by atoms with Gasteiger partial charge in [-0.25, -0.2) is 0 Å². The van der Waals surface area contributed by atoms with E-state index in [0.29, 0.717) is 6.42 Å². The van der Waals surface area contributed by atoms with Crippen molar-refractivity contribution in [3.05, 3.63) is 151 Å². The van der Waals surface area contributed by atoms with Crippen LogP contribution in [-0.2, 0) is 0 Å². The van der Waals surface area contributed by atoms with E-state index in [1.165, 1.54) is 10.9 Å². The zero-order valence-electron chi connectivity index (χ0n) is 24.6. The molecular weight excluding hydrogens is 514 g/mol. The lowest BCUT2D eigenvalue weighted by Crippen LogP contribution is -2.29. The number of para-hydroxylation sites is 1. The van der Waals surface area contributed by atoms with Crippen molar-refractivity contribution in [3.8, 4) is 0 Å². The summed E-state index contributed by atoms with van der Waals surface area (Å²) in [6, 6.07) is 31.5. The summed E-state index contributed by atoms with van der Waals surface area (Å²) < 4.78 is 0. The Kier molecular flexibility index (Phi) is 8.73. The van der Waals surface area contributed by atoms with Crippen molar-refractivity contribution in [1.29, 1.82) is 0 Å². The Morgan fingerprint density at radius 2 is 1.67 bits per heavy atom. The molecule has 0 saturated heterocycles. The van der Waals surface area contributed by atoms with Crippen LogP contribution in [0.5, 0.6) is 0 Å². The molecule has 1 aliphatic rings. The standard InChI is InChI=1S/C38H39N3O/c1-6-35-33-19-13-12-18-32(33)34(22-20-26(2)24-28(4)42)36(40-35)25-27(3)41(5)37-23-21-29-14-10-11-17-31(29)38(37)39-30-15-8-7-9-16-30/h6-19,21,23-24,34,36,39,42H,1-3,20,22,25H2,4-5H3/b28-24+. The minimum atomic E-state index is -0.0131. The van der Waals surface area contributed by atoms with Crippen molar-refractivity contribution in [1.82, 2.24) is 0 Å². The number of benzene rings is 4. The lowest BCUT2D eigenvalue weighted by Gasteiger charge is -2.34. The molecule has 5 rings (SSSR count). The monoisotopic (exact) mass is 553 g/mol. The van der Waals surface area contributed by atoms with Gasteiger partial charge in [-0.3, -0.25) is 4.99 Å². The van der Waals surface area contributed by atoms with Gasteiger partial charge in [-0.15, -0.1) is 0 Å². The van der Waals surface area contributed by atoms with Gasteiger partial charge in [0.1, 0.15) is 0 Å². The number of hydrogen-bond donors (Lipinski definition) is 2. The first-order valence-corrected chi connectivity index (χ1v) is 14.5. The summed E-state index contributed by atoms with van der Waals surface area (Å²) in [5.74, 6) is 0.454. The maximum atomic E-state index is 9.75. The van der Waals surface area contributed by atoms with Gasteiger partial charge in [-0.05, 0) is 61.1 Å². The molecule has 4 heteroatoms. The fourth-order valence-electron chi connectivity index (χ4n) is 5.89. The van der Waals surface area contributed by atoms with Crippen LogP contribution in [0.2, 0.25) is 0 Å². The quantitative estimate of drug-likeness (QED) is 0.144. The Morgan fingerprint density at radius 3 is 2.43 bits per heavy atom. The molecule has 2 atom stereocenters. The van der Waals surface area contributed by atoms with Crippen molar-refractivity contribution in [2.24, 2.45) is 4.99 Å². The lowest BCUT2D eigenvalue weighted by atomic mass is 9.79. The molecule has 0 fully saturated rings. The highest BCUT2D eigenvalue weighted by molar-refractivity contribution is 6.10. The molecule has 212 valence electrons. The Bertz CT molecular complexity index is 1680. The van der Waals surface area contributed by atoms with E-state index in [-0.39, 0.29) is 17.7 Å². The summed E-state index contributed by atoms with van der Waals surface area (Å²) in [5, 5.41) is 15.8. The normalized spacial score (nSPS) is 16.3. The molecule has 2 N–H and O–H groups in total. The molecule has 0 bridgehead atoms. The van der Waals surface area contributed by atoms with Crippen LogP contribution in [0, 0.1) is 0 Å². The molecule has 4 nitrogen and oxygen atoms in total. The van der Waals surface area contributed by atoms with Gasteiger partial charge in [0.05, 0.1) is 28.9 Å². The van der Waals surface area contributed by atoms with Crippen LogP contribution in [0.1, 0.15) is 43.2 Å². The van der Waals surface area contributed by atoms with Gasteiger partial charge in [-0.2, -0.15) is 0 Å². The van der Waals surface area contributed by atoms with Crippen molar-refractivity contribution in [2.45, 2.75) is 38.1 Å². The molecular formula is C38H39N3O. The minimum absolute atomic E-state index is 0.0131. The molecule has 0 spiro atoms. The maximum absolute atomic E-state index is 9.75. The van der Waals surface area contributed by atoms with E-state index in [1.807, 2.05) is 24.3 Å². The second-order valence-corrected chi connectivity index (χ2v) is 11.0. The number of rotatable bonds is 11. The van der Waals surface area contributed by atoms with Crippen LogP contribution < -0.4 is 10.2 Å². The third-order valence-corrected chi connectivity index (χ3v) is 8.02. The highest BCUT2D eigenvalue weighted by Gasteiger charge is 2.31. The predicted molar refractivity (Wildman–Crippen MR) is 180 cm³/mol. The van der Waals surface area contributed by atoms with Gasteiger partial charge in [0, 0.05) is 41.7 Å². The third-order valence-electron chi connectivity index (χ3n) is 8.02. The fraction of sp³-hybridized carbons (Fsp3) is 0.184. The summed E-state index contributed by atoms with van der Waals surface area (Å²) >= 11 is 0. The first-order valence-electron chi connectivity index (χ1n) is 14.5. The first-order chi connectivity index (χ1) is 20.4. The number of aliphatic imine (C=N–C) groups is 1. The van der Waals surface area contributed by atoms with Crippen LogP contribution in [0.15, 0.2) is 145 Å². The number of allylic oxidation sites excluding steroid dienone is 4. The van der Waals surface area contributed by atoms with Gasteiger partial charge in [0.25, 0.3) is 0 Å². The number of fused-ring (bicyclic) bond motifs is 2. The molecule has 0 saturated carbocycles. The van der Waals surface area contributed by atoms with Gasteiger partial charge >= 0.3 is 0 Å². The summed E-state index contributed by atoms with van der Waals surface area (Å²) in [4.78, 5) is 7.41. The van der Waals surface area contributed by atoms with E-state index in [9.17, 15) is 5.11 Å². The van der Waals surface area contributed by atoms with Gasteiger partial charge < -0.3 is 15.3 Å².